The largest absolute Gasteiger partial charge is 0.497 e. The van der Waals surface area contributed by atoms with Crippen LogP contribution in [0.3, 0.4) is 0 Å². The number of esters is 2. The summed E-state index contributed by atoms with van der Waals surface area (Å²) >= 11 is 0. The van der Waals surface area contributed by atoms with Gasteiger partial charge in [0.15, 0.2) is 0 Å². The first-order valence-corrected chi connectivity index (χ1v) is 11.0. The van der Waals surface area contributed by atoms with Crippen LogP contribution in [-0.2, 0) is 25.5 Å². The van der Waals surface area contributed by atoms with Crippen LogP contribution in [-0.4, -0.2) is 56.4 Å². The van der Waals surface area contributed by atoms with Crippen molar-refractivity contribution in [3.63, 3.8) is 0 Å². The van der Waals surface area contributed by atoms with Gasteiger partial charge in [-0.15, -0.1) is 0 Å². The second-order valence-electron chi connectivity index (χ2n) is 8.30. The Labute approximate surface area is 198 Å². The molecule has 1 unspecified atom stereocenters. The van der Waals surface area contributed by atoms with Crippen molar-refractivity contribution in [3.05, 3.63) is 53.6 Å². The molecule has 0 radical (unpaired) electrons. The van der Waals surface area contributed by atoms with Crippen LogP contribution in [0.4, 0.5) is 5.69 Å². The molecule has 34 heavy (non-hydrogen) atoms. The van der Waals surface area contributed by atoms with Crippen molar-refractivity contribution in [1.29, 1.82) is 0 Å². The molecule has 9 nitrogen and oxygen atoms in total. The molecule has 1 aliphatic heterocycles. The van der Waals surface area contributed by atoms with E-state index in [2.05, 4.69) is 10.6 Å². The van der Waals surface area contributed by atoms with Gasteiger partial charge in [-0.2, -0.15) is 0 Å². The number of ether oxygens (including phenoxy) is 4. The highest BCUT2D eigenvalue weighted by Crippen LogP contribution is 2.31. The van der Waals surface area contributed by atoms with Crippen molar-refractivity contribution in [2.24, 2.45) is 0 Å². The van der Waals surface area contributed by atoms with Gasteiger partial charge in [-0.05, 0) is 51.1 Å². The second kappa shape index (κ2) is 11.0. The summed E-state index contributed by atoms with van der Waals surface area (Å²) in [5.74, 6) is -0.0219. The molecule has 0 bridgehead atoms. The van der Waals surface area contributed by atoms with Gasteiger partial charge in [0.25, 0.3) is 0 Å². The van der Waals surface area contributed by atoms with Gasteiger partial charge in [0.05, 0.1) is 25.7 Å². The molecule has 0 saturated heterocycles. The molecule has 9 heteroatoms. The average Bonchev–Trinajstić information content (AvgIpc) is 3.21. The van der Waals surface area contributed by atoms with Gasteiger partial charge in [-0.1, -0.05) is 12.1 Å². The number of nitrogens with one attached hydrogen (secondary N) is 2. The maximum absolute atomic E-state index is 12.8. The number of anilines is 1. The Morgan fingerprint density at radius 2 is 1.94 bits per heavy atom. The molecule has 0 fully saturated rings. The van der Waals surface area contributed by atoms with E-state index in [1.54, 1.807) is 63.2 Å². The van der Waals surface area contributed by atoms with Gasteiger partial charge in [-0.3, -0.25) is 14.9 Å². The summed E-state index contributed by atoms with van der Waals surface area (Å²) in [6.07, 6.45) is -0.526. The third-order valence-electron chi connectivity index (χ3n) is 5.31. The van der Waals surface area contributed by atoms with Crippen LogP contribution in [0.2, 0.25) is 0 Å². The Kier molecular flexibility index (Phi) is 8.12. The summed E-state index contributed by atoms with van der Waals surface area (Å²) in [4.78, 5) is 36.8. The molecule has 1 atom stereocenters. The van der Waals surface area contributed by atoms with E-state index in [9.17, 15) is 14.4 Å². The van der Waals surface area contributed by atoms with E-state index < -0.39 is 23.6 Å². The molecule has 0 spiro atoms. The van der Waals surface area contributed by atoms with Crippen LogP contribution in [0.5, 0.6) is 11.5 Å². The number of hydrogen-bond acceptors (Lipinski definition) is 8. The quantitative estimate of drug-likeness (QED) is 0.482. The van der Waals surface area contributed by atoms with Gasteiger partial charge in [0.1, 0.15) is 29.7 Å². The maximum atomic E-state index is 12.8. The first-order chi connectivity index (χ1) is 16.2. The lowest BCUT2D eigenvalue weighted by Gasteiger charge is -2.27. The number of hydrogen-bond donors (Lipinski definition) is 2. The Morgan fingerprint density at radius 1 is 1.18 bits per heavy atom. The number of methoxy groups -OCH3 is 1. The molecule has 2 aromatic carbocycles. The smallest absolute Gasteiger partial charge is 0.338 e. The van der Waals surface area contributed by atoms with Gasteiger partial charge in [0.2, 0.25) is 5.91 Å². The van der Waals surface area contributed by atoms with Crippen molar-refractivity contribution >= 4 is 23.5 Å². The number of amides is 1. The predicted molar refractivity (Wildman–Crippen MR) is 125 cm³/mol. The Hall–Kier alpha value is -3.59. The number of fused-ring (bicyclic) bond motifs is 1. The van der Waals surface area contributed by atoms with Gasteiger partial charge in [0, 0.05) is 17.8 Å². The minimum atomic E-state index is -0.999. The number of carbonyl (C=O) groups is 3. The van der Waals surface area contributed by atoms with E-state index in [1.807, 2.05) is 0 Å². The van der Waals surface area contributed by atoms with Crippen LogP contribution in [0.1, 0.15) is 36.7 Å². The maximum Gasteiger partial charge on any atom is 0.338 e. The van der Waals surface area contributed by atoms with Crippen LogP contribution >= 0.6 is 0 Å². The molecule has 0 saturated carbocycles. The van der Waals surface area contributed by atoms with Crippen LogP contribution in [0.15, 0.2) is 42.5 Å². The van der Waals surface area contributed by atoms with Crippen LogP contribution in [0.25, 0.3) is 0 Å². The van der Waals surface area contributed by atoms with E-state index >= 15 is 0 Å². The first kappa shape index (κ1) is 25.0. The van der Waals surface area contributed by atoms with E-state index in [0.717, 1.165) is 5.56 Å². The molecule has 2 aromatic rings. The predicted octanol–water partition coefficient (Wildman–Crippen LogP) is 2.73. The number of rotatable bonds is 11. The molecule has 0 aliphatic carbocycles. The molecular weight excluding hydrogens is 440 g/mol. The fourth-order valence-electron chi connectivity index (χ4n) is 3.39. The first-order valence-electron chi connectivity index (χ1n) is 11.0. The normalized spacial score (nSPS) is 13.5. The van der Waals surface area contributed by atoms with Crippen LogP contribution in [0, 0.1) is 0 Å². The molecule has 2 N–H and O–H groups in total. The highest BCUT2D eigenvalue weighted by atomic mass is 16.6. The zero-order valence-electron chi connectivity index (χ0n) is 19.8. The summed E-state index contributed by atoms with van der Waals surface area (Å²) in [5, 5.41) is 5.88. The van der Waals surface area contributed by atoms with E-state index in [0.29, 0.717) is 22.7 Å². The minimum absolute atomic E-state index is 0.00621. The summed E-state index contributed by atoms with van der Waals surface area (Å²) in [6, 6.07) is 12.0. The topological polar surface area (TPSA) is 112 Å². The number of benzene rings is 2. The van der Waals surface area contributed by atoms with E-state index in [-0.39, 0.29) is 32.1 Å². The monoisotopic (exact) mass is 470 g/mol. The zero-order valence-corrected chi connectivity index (χ0v) is 19.8. The van der Waals surface area contributed by atoms with Crippen LogP contribution < -0.4 is 20.1 Å². The summed E-state index contributed by atoms with van der Waals surface area (Å²) in [6.45, 7) is 5.51. The lowest BCUT2D eigenvalue weighted by atomic mass is 10.1. The van der Waals surface area contributed by atoms with Gasteiger partial charge in [-0.25, -0.2) is 4.79 Å². The molecule has 1 heterocycles. The van der Waals surface area contributed by atoms with E-state index in [1.165, 1.54) is 7.11 Å². The van der Waals surface area contributed by atoms with Crippen molar-refractivity contribution < 1.29 is 33.3 Å². The molecule has 1 amide bonds. The molecule has 0 aromatic heterocycles. The Bertz CT molecular complexity index is 1050. The molecule has 1 aliphatic rings. The lowest BCUT2D eigenvalue weighted by molar-refractivity contribution is -0.149. The van der Waals surface area contributed by atoms with Crippen molar-refractivity contribution in [1.82, 2.24) is 5.32 Å². The summed E-state index contributed by atoms with van der Waals surface area (Å²) in [5.41, 5.74) is 0.782. The lowest BCUT2D eigenvalue weighted by Crippen LogP contribution is -2.51. The number of carbonyl (C=O) groups excluding carboxylic acids is 3. The Morgan fingerprint density at radius 3 is 2.68 bits per heavy atom. The molecule has 3 rings (SSSR count). The Balaban J connectivity index is 1.73. The summed E-state index contributed by atoms with van der Waals surface area (Å²) in [7, 11) is 1.51. The zero-order chi connectivity index (χ0) is 24.7. The van der Waals surface area contributed by atoms with Crippen molar-refractivity contribution in [3.8, 4) is 11.5 Å². The minimum Gasteiger partial charge on any atom is -0.497 e. The van der Waals surface area contributed by atoms with Gasteiger partial charge >= 0.3 is 11.9 Å². The van der Waals surface area contributed by atoms with Crippen molar-refractivity contribution in [2.75, 3.05) is 32.2 Å². The highest BCUT2D eigenvalue weighted by molar-refractivity contribution is 6.00. The van der Waals surface area contributed by atoms with Gasteiger partial charge < -0.3 is 24.3 Å². The standard InChI is InChI=1S/C25H30N2O7/c1-5-32-24(30)25(2,3)26-14-18(34-23(29)16-8-6-9-17(12-16)31-4)15-33-21-11-7-10-20-19(21)13-22(28)27-20/h6-12,18,26H,5,13-15H2,1-4H3,(H,27,28). The molecule has 182 valence electrons. The fourth-order valence-corrected chi connectivity index (χ4v) is 3.39. The third kappa shape index (κ3) is 6.26. The fraction of sp³-hybridized carbons (Fsp3) is 0.400. The average molecular weight is 471 g/mol. The summed E-state index contributed by atoms with van der Waals surface area (Å²) < 4.78 is 22.0. The van der Waals surface area contributed by atoms with E-state index in [4.69, 9.17) is 18.9 Å². The molecular formula is C25H30N2O7. The second-order valence-corrected chi connectivity index (χ2v) is 8.30. The SMILES string of the molecule is CCOC(=O)C(C)(C)NCC(COc1cccc2c1CC(=O)N2)OC(=O)c1cccc(OC)c1. The van der Waals surface area contributed by atoms with Crippen molar-refractivity contribution in [2.45, 2.75) is 38.8 Å². The third-order valence-corrected chi connectivity index (χ3v) is 5.31. The highest BCUT2D eigenvalue weighted by Gasteiger charge is 2.31.